The maximum atomic E-state index is 12.3. The van der Waals surface area contributed by atoms with Crippen LogP contribution in [0.4, 0.5) is 0 Å². The molecule has 2 saturated carbocycles. The van der Waals surface area contributed by atoms with Gasteiger partial charge in [0.15, 0.2) is 6.61 Å². The average molecular weight is 394 g/mol. The number of carbonyl (C=O) groups excluding carboxylic acids is 1. The molecular weight excluding hydrogens is 373 g/mol. The van der Waals surface area contributed by atoms with Crippen molar-refractivity contribution in [1.29, 1.82) is 0 Å². The number of ether oxygens (including phenoxy) is 1. The maximum Gasteiger partial charge on any atom is 0.258 e. The van der Waals surface area contributed by atoms with E-state index in [0.717, 1.165) is 11.8 Å². The number of fused-ring (bicyclic) bond motifs is 3. The molecule has 0 aliphatic heterocycles. The second-order valence-electron chi connectivity index (χ2n) is 7.45. The van der Waals surface area contributed by atoms with Gasteiger partial charge in [-0.25, -0.2) is 9.97 Å². The van der Waals surface area contributed by atoms with Gasteiger partial charge in [-0.1, -0.05) is 29.6 Å². The lowest BCUT2D eigenvalue weighted by atomic mass is 9.84. The lowest BCUT2D eigenvalue weighted by Crippen LogP contribution is -2.42. The maximum absolute atomic E-state index is 12.3. The Kier molecular flexibility index (Phi) is 4.93. The molecule has 2 fully saturated rings. The highest BCUT2D eigenvalue weighted by atomic mass is 35.5. The van der Waals surface area contributed by atoms with Gasteiger partial charge in [0.2, 0.25) is 5.88 Å². The summed E-state index contributed by atoms with van der Waals surface area (Å²) in [5.41, 5.74) is 0.553. The molecule has 2 aromatic rings. The number of halogens is 2. The van der Waals surface area contributed by atoms with Crippen molar-refractivity contribution in [2.75, 3.05) is 6.61 Å². The molecule has 7 heteroatoms. The van der Waals surface area contributed by atoms with Crippen LogP contribution in [0.3, 0.4) is 0 Å². The molecule has 2 bridgehead atoms. The Labute approximate surface area is 162 Å². The highest BCUT2D eigenvalue weighted by molar-refractivity contribution is 6.38. The zero-order valence-electron chi connectivity index (χ0n) is 14.5. The first-order valence-corrected chi connectivity index (χ1v) is 9.78. The number of hydrogen-bond acceptors (Lipinski definition) is 4. The summed E-state index contributed by atoms with van der Waals surface area (Å²) in [5, 5.41) is 4.58. The predicted molar refractivity (Wildman–Crippen MR) is 102 cm³/mol. The molecule has 26 heavy (non-hydrogen) atoms. The second kappa shape index (κ2) is 7.20. The van der Waals surface area contributed by atoms with E-state index in [4.69, 9.17) is 27.9 Å². The lowest BCUT2D eigenvalue weighted by Gasteiger charge is -2.28. The Morgan fingerprint density at radius 2 is 2.15 bits per heavy atom. The molecule has 1 aromatic carbocycles. The third-order valence-electron chi connectivity index (χ3n) is 5.78. The van der Waals surface area contributed by atoms with E-state index < -0.39 is 0 Å². The van der Waals surface area contributed by atoms with Gasteiger partial charge < -0.3 is 10.1 Å². The van der Waals surface area contributed by atoms with E-state index in [1.165, 1.54) is 32.0 Å². The van der Waals surface area contributed by atoms with E-state index in [2.05, 4.69) is 22.2 Å². The van der Waals surface area contributed by atoms with Crippen molar-refractivity contribution in [2.24, 2.45) is 17.8 Å². The fraction of sp³-hybridized carbons (Fsp3) is 0.526. The Hall–Kier alpha value is -1.59. The molecule has 4 rings (SSSR count). The lowest BCUT2D eigenvalue weighted by molar-refractivity contribution is -0.124. The summed E-state index contributed by atoms with van der Waals surface area (Å²) in [6.45, 7) is 2.00. The highest BCUT2D eigenvalue weighted by Crippen LogP contribution is 2.49. The van der Waals surface area contributed by atoms with Crippen LogP contribution in [-0.2, 0) is 4.79 Å². The van der Waals surface area contributed by atoms with Crippen LogP contribution in [-0.4, -0.2) is 28.5 Å². The first kappa shape index (κ1) is 17.8. The van der Waals surface area contributed by atoms with Crippen LogP contribution in [0.15, 0.2) is 18.5 Å². The molecule has 1 amide bonds. The van der Waals surface area contributed by atoms with Gasteiger partial charge in [0.25, 0.3) is 5.91 Å². The predicted octanol–water partition coefficient (Wildman–Crippen LogP) is 4.26. The van der Waals surface area contributed by atoms with Crippen molar-refractivity contribution in [3.8, 4) is 5.88 Å². The molecule has 2 aliphatic rings. The molecule has 0 radical (unpaired) electrons. The molecule has 0 saturated heterocycles. The summed E-state index contributed by atoms with van der Waals surface area (Å²) in [6.07, 6.45) is 6.60. The second-order valence-corrected chi connectivity index (χ2v) is 8.29. The normalized spacial score (nSPS) is 25.4. The Morgan fingerprint density at radius 3 is 2.88 bits per heavy atom. The summed E-state index contributed by atoms with van der Waals surface area (Å²) < 4.78 is 5.64. The minimum Gasteiger partial charge on any atom is -0.467 e. The molecular formula is C19H21Cl2N3O2. The van der Waals surface area contributed by atoms with E-state index >= 15 is 0 Å². The van der Waals surface area contributed by atoms with Gasteiger partial charge in [0.1, 0.15) is 6.33 Å². The highest BCUT2D eigenvalue weighted by Gasteiger charge is 2.42. The minimum absolute atomic E-state index is 0.0958. The first-order chi connectivity index (χ1) is 12.5. The van der Waals surface area contributed by atoms with E-state index in [-0.39, 0.29) is 18.6 Å². The fourth-order valence-corrected chi connectivity index (χ4v) is 5.17. The third kappa shape index (κ3) is 3.47. The molecule has 1 aromatic heterocycles. The van der Waals surface area contributed by atoms with Gasteiger partial charge in [-0.2, -0.15) is 0 Å². The largest absolute Gasteiger partial charge is 0.467 e. The number of aromatic nitrogens is 2. The number of hydrogen-bond donors (Lipinski definition) is 1. The van der Waals surface area contributed by atoms with Crippen molar-refractivity contribution >= 4 is 40.0 Å². The van der Waals surface area contributed by atoms with Crippen LogP contribution in [0.1, 0.15) is 32.6 Å². The quantitative estimate of drug-likeness (QED) is 0.823. The SMILES string of the molecule is C[C@H](NC(=O)COc1ncnc2c(Cl)cc(Cl)cc12)[C@H]1C[C@H]2CC[C@H]1C2. The van der Waals surface area contributed by atoms with Gasteiger partial charge in [0.05, 0.1) is 15.9 Å². The fourth-order valence-electron chi connectivity index (χ4n) is 4.63. The van der Waals surface area contributed by atoms with Crippen molar-refractivity contribution in [1.82, 2.24) is 15.3 Å². The molecule has 0 spiro atoms. The van der Waals surface area contributed by atoms with E-state index in [9.17, 15) is 4.79 Å². The van der Waals surface area contributed by atoms with Gasteiger partial charge >= 0.3 is 0 Å². The summed E-state index contributed by atoms with van der Waals surface area (Å²) in [6, 6.07) is 3.48. The van der Waals surface area contributed by atoms with Crippen molar-refractivity contribution in [3.63, 3.8) is 0 Å². The molecule has 0 unspecified atom stereocenters. The van der Waals surface area contributed by atoms with E-state index in [0.29, 0.717) is 32.7 Å². The molecule has 4 atom stereocenters. The van der Waals surface area contributed by atoms with Crippen LogP contribution in [0.5, 0.6) is 5.88 Å². The number of amides is 1. The minimum atomic E-state index is -0.139. The average Bonchev–Trinajstić information content (AvgIpc) is 3.23. The zero-order chi connectivity index (χ0) is 18.3. The molecule has 138 valence electrons. The topological polar surface area (TPSA) is 64.1 Å². The summed E-state index contributed by atoms with van der Waals surface area (Å²) in [5.74, 6) is 2.39. The Balaban J connectivity index is 1.39. The van der Waals surface area contributed by atoms with Gasteiger partial charge in [0, 0.05) is 11.1 Å². The smallest absolute Gasteiger partial charge is 0.258 e. The van der Waals surface area contributed by atoms with Crippen molar-refractivity contribution < 1.29 is 9.53 Å². The molecule has 1 N–H and O–H groups in total. The summed E-state index contributed by atoms with van der Waals surface area (Å²) >= 11 is 12.2. The number of rotatable bonds is 5. The third-order valence-corrected chi connectivity index (χ3v) is 6.29. The van der Waals surface area contributed by atoms with E-state index in [1.807, 2.05) is 0 Å². The number of nitrogens with zero attached hydrogens (tertiary/aromatic N) is 2. The van der Waals surface area contributed by atoms with Crippen LogP contribution < -0.4 is 10.1 Å². The molecule has 2 aliphatic carbocycles. The Morgan fingerprint density at radius 1 is 1.31 bits per heavy atom. The standard InChI is InChI=1S/C19H21Cl2N3O2/c1-10(14-5-11-2-3-12(14)4-11)24-17(25)8-26-19-15-6-13(20)7-16(21)18(15)22-9-23-19/h6-7,9-12,14H,2-5,8H2,1H3,(H,24,25)/t10-,11-,12-,14+/m0/s1. The van der Waals surface area contributed by atoms with Crippen LogP contribution in [0.25, 0.3) is 10.9 Å². The van der Waals surface area contributed by atoms with Gasteiger partial charge in [-0.15, -0.1) is 0 Å². The molecule has 5 nitrogen and oxygen atoms in total. The van der Waals surface area contributed by atoms with Crippen molar-refractivity contribution in [3.05, 3.63) is 28.5 Å². The Bertz CT molecular complexity index is 845. The van der Waals surface area contributed by atoms with Crippen molar-refractivity contribution in [2.45, 2.75) is 38.6 Å². The van der Waals surface area contributed by atoms with E-state index in [1.54, 1.807) is 12.1 Å². The monoisotopic (exact) mass is 393 g/mol. The van der Waals surface area contributed by atoms with Crippen LogP contribution in [0, 0.1) is 17.8 Å². The van der Waals surface area contributed by atoms with Crippen LogP contribution in [0.2, 0.25) is 10.0 Å². The van der Waals surface area contributed by atoms with Crippen LogP contribution >= 0.6 is 23.2 Å². The number of carbonyl (C=O) groups is 1. The van der Waals surface area contributed by atoms with Gasteiger partial charge in [-0.05, 0) is 56.1 Å². The zero-order valence-corrected chi connectivity index (χ0v) is 16.1. The summed E-state index contributed by atoms with van der Waals surface area (Å²) in [4.78, 5) is 20.6. The number of nitrogens with one attached hydrogen (secondary N) is 1. The first-order valence-electron chi connectivity index (χ1n) is 9.03. The molecule has 1 heterocycles. The van der Waals surface area contributed by atoms with Gasteiger partial charge in [-0.3, -0.25) is 4.79 Å². The number of benzene rings is 1. The summed E-state index contributed by atoms with van der Waals surface area (Å²) in [7, 11) is 0.